The molecule has 0 saturated heterocycles. The van der Waals surface area contributed by atoms with Crippen LogP contribution in [0.4, 0.5) is 0 Å². The van der Waals surface area contributed by atoms with E-state index < -0.39 is 0 Å². The van der Waals surface area contributed by atoms with E-state index in [9.17, 15) is 0 Å². The molecule has 1 aliphatic carbocycles. The molecule has 1 unspecified atom stereocenters. The molecule has 1 atom stereocenters. The lowest BCUT2D eigenvalue weighted by molar-refractivity contribution is 0.0296. The maximum absolute atomic E-state index is 6.19. The molecule has 0 amide bonds. The standard InChI is InChI=1S/C18H29NO2/c1-3-20-18-13-9-8-12-16(18)17(19-2)14-21-15-10-6-4-5-7-11-15/h8-9,12-13,15,17,19H,3-7,10-11,14H2,1-2H3. The van der Waals surface area contributed by atoms with E-state index in [1.807, 2.05) is 26.1 Å². The van der Waals surface area contributed by atoms with Crippen LogP contribution in [-0.2, 0) is 4.74 Å². The highest BCUT2D eigenvalue weighted by atomic mass is 16.5. The lowest BCUT2D eigenvalue weighted by Gasteiger charge is -2.23. The molecule has 3 nitrogen and oxygen atoms in total. The zero-order valence-electron chi connectivity index (χ0n) is 13.4. The lowest BCUT2D eigenvalue weighted by atomic mass is 10.1. The zero-order chi connectivity index (χ0) is 14.9. The first kappa shape index (κ1) is 16.3. The van der Waals surface area contributed by atoms with Crippen LogP contribution >= 0.6 is 0 Å². The largest absolute Gasteiger partial charge is 0.494 e. The molecule has 118 valence electrons. The van der Waals surface area contributed by atoms with E-state index in [2.05, 4.69) is 17.4 Å². The van der Waals surface area contributed by atoms with E-state index in [4.69, 9.17) is 9.47 Å². The van der Waals surface area contributed by atoms with Crippen LogP contribution < -0.4 is 10.1 Å². The average molecular weight is 291 g/mol. The van der Waals surface area contributed by atoms with Gasteiger partial charge in [0, 0.05) is 5.56 Å². The number of ether oxygens (including phenoxy) is 2. The van der Waals surface area contributed by atoms with Crippen molar-refractivity contribution in [2.24, 2.45) is 0 Å². The van der Waals surface area contributed by atoms with Gasteiger partial charge in [0.05, 0.1) is 25.4 Å². The monoisotopic (exact) mass is 291 g/mol. The van der Waals surface area contributed by atoms with Crippen molar-refractivity contribution < 1.29 is 9.47 Å². The molecule has 0 aromatic heterocycles. The second-order valence-corrected chi connectivity index (χ2v) is 5.76. The Balaban J connectivity index is 1.95. The zero-order valence-corrected chi connectivity index (χ0v) is 13.4. The third-order valence-electron chi connectivity index (χ3n) is 4.24. The summed E-state index contributed by atoms with van der Waals surface area (Å²) in [6, 6.07) is 8.44. The summed E-state index contributed by atoms with van der Waals surface area (Å²) in [7, 11) is 1.99. The normalized spacial score (nSPS) is 18.2. The summed E-state index contributed by atoms with van der Waals surface area (Å²) < 4.78 is 11.9. The van der Waals surface area contributed by atoms with Crippen LogP contribution in [0.25, 0.3) is 0 Å². The van der Waals surface area contributed by atoms with Crippen LogP contribution in [0.5, 0.6) is 5.75 Å². The molecule has 1 fully saturated rings. The minimum Gasteiger partial charge on any atom is -0.494 e. The molecule has 1 N–H and O–H groups in total. The SMILES string of the molecule is CCOc1ccccc1C(COC1CCCCCC1)NC. The van der Waals surface area contributed by atoms with Crippen molar-refractivity contribution in [3.8, 4) is 5.75 Å². The number of nitrogens with one attached hydrogen (secondary N) is 1. The number of benzene rings is 1. The molecule has 1 aromatic rings. The predicted molar refractivity (Wildman–Crippen MR) is 86.9 cm³/mol. The molecular weight excluding hydrogens is 262 g/mol. The Hall–Kier alpha value is -1.06. The van der Waals surface area contributed by atoms with E-state index in [0.29, 0.717) is 19.3 Å². The number of para-hydroxylation sites is 1. The molecule has 0 heterocycles. The maximum Gasteiger partial charge on any atom is 0.124 e. The summed E-state index contributed by atoms with van der Waals surface area (Å²) in [5.41, 5.74) is 1.19. The summed E-state index contributed by atoms with van der Waals surface area (Å²) in [6.45, 7) is 3.43. The summed E-state index contributed by atoms with van der Waals surface area (Å²) in [4.78, 5) is 0. The van der Waals surface area contributed by atoms with Gasteiger partial charge in [-0.2, -0.15) is 0 Å². The molecule has 21 heavy (non-hydrogen) atoms. The van der Waals surface area contributed by atoms with Crippen LogP contribution in [-0.4, -0.2) is 26.4 Å². The van der Waals surface area contributed by atoms with E-state index in [1.54, 1.807) is 0 Å². The molecule has 0 spiro atoms. The first-order valence-electron chi connectivity index (χ1n) is 8.35. The van der Waals surface area contributed by atoms with E-state index >= 15 is 0 Å². The van der Waals surface area contributed by atoms with Gasteiger partial charge in [0.15, 0.2) is 0 Å². The van der Waals surface area contributed by atoms with Gasteiger partial charge in [-0.1, -0.05) is 43.9 Å². The minimum absolute atomic E-state index is 0.191. The average Bonchev–Trinajstić information content (AvgIpc) is 2.78. The molecular formula is C18H29NO2. The van der Waals surface area contributed by atoms with Crippen molar-refractivity contribution in [3.63, 3.8) is 0 Å². The van der Waals surface area contributed by atoms with Crippen molar-refractivity contribution in [2.75, 3.05) is 20.3 Å². The lowest BCUT2D eigenvalue weighted by Crippen LogP contribution is -2.25. The molecule has 1 aliphatic rings. The molecule has 1 saturated carbocycles. The fourth-order valence-corrected chi connectivity index (χ4v) is 3.02. The summed E-state index contributed by atoms with van der Waals surface area (Å²) in [5.74, 6) is 0.962. The van der Waals surface area contributed by atoms with Crippen molar-refractivity contribution in [1.29, 1.82) is 0 Å². The Kier molecular flexibility index (Phi) is 7.04. The third-order valence-corrected chi connectivity index (χ3v) is 4.24. The fraction of sp³-hybridized carbons (Fsp3) is 0.667. The maximum atomic E-state index is 6.19. The topological polar surface area (TPSA) is 30.5 Å². The van der Waals surface area contributed by atoms with Crippen LogP contribution in [0, 0.1) is 0 Å². The molecule has 3 heteroatoms. The van der Waals surface area contributed by atoms with E-state index in [1.165, 1.54) is 44.1 Å². The van der Waals surface area contributed by atoms with Crippen molar-refractivity contribution in [1.82, 2.24) is 5.32 Å². The van der Waals surface area contributed by atoms with Gasteiger partial charge in [0.1, 0.15) is 5.75 Å². The van der Waals surface area contributed by atoms with Crippen LogP contribution in [0.3, 0.4) is 0 Å². The van der Waals surface area contributed by atoms with Gasteiger partial charge in [-0.3, -0.25) is 0 Å². The molecule has 0 bridgehead atoms. The number of likely N-dealkylation sites (N-methyl/N-ethyl adjacent to an activating group) is 1. The highest BCUT2D eigenvalue weighted by molar-refractivity contribution is 5.36. The van der Waals surface area contributed by atoms with Gasteiger partial charge in [0.25, 0.3) is 0 Å². The highest BCUT2D eigenvalue weighted by Gasteiger charge is 2.18. The van der Waals surface area contributed by atoms with Crippen LogP contribution in [0.2, 0.25) is 0 Å². The number of hydrogen-bond donors (Lipinski definition) is 1. The quantitative estimate of drug-likeness (QED) is 0.768. The predicted octanol–water partition coefficient (Wildman–Crippen LogP) is 4.09. The van der Waals surface area contributed by atoms with Gasteiger partial charge in [0.2, 0.25) is 0 Å². The molecule has 2 rings (SSSR count). The van der Waals surface area contributed by atoms with Gasteiger partial charge in [-0.15, -0.1) is 0 Å². The number of rotatable bonds is 7. The summed E-state index contributed by atoms with van der Waals surface area (Å²) in [5, 5.41) is 3.37. The molecule has 1 aromatic carbocycles. The first-order valence-corrected chi connectivity index (χ1v) is 8.35. The fourth-order valence-electron chi connectivity index (χ4n) is 3.02. The van der Waals surface area contributed by atoms with Gasteiger partial charge >= 0.3 is 0 Å². The van der Waals surface area contributed by atoms with Gasteiger partial charge < -0.3 is 14.8 Å². The highest BCUT2D eigenvalue weighted by Crippen LogP contribution is 2.27. The summed E-state index contributed by atoms with van der Waals surface area (Å²) in [6.07, 6.45) is 8.20. The number of hydrogen-bond acceptors (Lipinski definition) is 3. The second kappa shape index (κ2) is 9.06. The van der Waals surface area contributed by atoms with Gasteiger partial charge in [-0.25, -0.2) is 0 Å². The Morgan fingerprint density at radius 1 is 1.14 bits per heavy atom. The van der Waals surface area contributed by atoms with E-state index in [-0.39, 0.29) is 6.04 Å². The van der Waals surface area contributed by atoms with Crippen molar-refractivity contribution >= 4 is 0 Å². The third kappa shape index (κ3) is 5.01. The second-order valence-electron chi connectivity index (χ2n) is 5.76. The summed E-state index contributed by atoms with van der Waals surface area (Å²) >= 11 is 0. The molecule has 0 aliphatic heterocycles. The van der Waals surface area contributed by atoms with Crippen molar-refractivity contribution in [3.05, 3.63) is 29.8 Å². The Bertz CT molecular complexity index is 400. The van der Waals surface area contributed by atoms with Crippen molar-refractivity contribution in [2.45, 2.75) is 57.6 Å². The first-order chi connectivity index (χ1) is 10.3. The Morgan fingerprint density at radius 2 is 1.86 bits per heavy atom. The van der Waals surface area contributed by atoms with Crippen LogP contribution in [0.1, 0.15) is 57.1 Å². The Labute approximate surface area is 129 Å². The van der Waals surface area contributed by atoms with Crippen LogP contribution in [0.15, 0.2) is 24.3 Å². The Morgan fingerprint density at radius 3 is 2.52 bits per heavy atom. The smallest absolute Gasteiger partial charge is 0.124 e. The van der Waals surface area contributed by atoms with E-state index in [0.717, 1.165) is 5.75 Å². The minimum atomic E-state index is 0.191. The van der Waals surface area contributed by atoms with Gasteiger partial charge in [-0.05, 0) is 32.9 Å². The molecule has 0 radical (unpaired) electrons.